The summed E-state index contributed by atoms with van der Waals surface area (Å²) in [6.45, 7) is 1.89. The van der Waals surface area contributed by atoms with Crippen LogP contribution in [0.25, 0.3) is 0 Å². The number of hydrogen-bond donors (Lipinski definition) is 3. The minimum Gasteiger partial charge on any atom is -0.496 e. The highest BCUT2D eigenvalue weighted by molar-refractivity contribution is 6.06. The van der Waals surface area contributed by atoms with E-state index in [1.54, 1.807) is 36.4 Å². The van der Waals surface area contributed by atoms with E-state index >= 15 is 0 Å². The lowest BCUT2D eigenvalue weighted by Crippen LogP contribution is -2.22. The highest BCUT2D eigenvalue weighted by atomic mass is 16.5. The lowest BCUT2D eigenvalue weighted by Gasteiger charge is -2.13. The fourth-order valence-electron chi connectivity index (χ4n) is 2.31. The number of methoxy groups -OCH3 is 1. The molecular weight excluding hydrogens is 306 g/mol. The highest BCUT2D eigenvalue weighted by Crippen LogP contribution is 2.24. The van der Waals surface area contributed by atoms with Crippen LogP contribution in [0.15, 0.2) is 42.5 Å². The lowest BCUT2D eigenvalue weighted by molar-refractivity contribution is -0.114. The molecule has 2 rings (SSSR count). The maximum atomic E-state index is 12.4. The van der Waals surface area contributed by atoms with Gasteiger partial charge in [-0.05, 0) is 36.2 Å². The fraction of sp³-hybridized carbons (Fsp3) is 0.222. The summed E-state index contributed by atoms with van der Waals surface area (Å²) in [6.07, 6.45) is 0.751. The Morgan fingerprint density at radius 2 is 1.88 bits per heavy atom. The predicted octanol–water partition coefficient (Wildman–Crippen LogP) is 2.41. The van der Waals surface area contributed by atoms with Crippen LogP contribution in [0.2, 0.25) is 0 Å². The van der Waals surface area contributed by atoms with Crippen molar-refractivity contribution in [1.29, 1.82) is 0 Å². The number of benzene rings is 2. The minimum atomic E-state index is -0.284. The first-order valence-electron chi connectivity index (χ1n) is 7.66. The second-order valence-electron chi connectivity index (χ2n) is 5.13. The van der Waals surface area contributed by atoms with Crippen molar-refractivity contribution in [3.63, 3.8) is 0 Å². The van der Waals surface area contributed by atoms with Crippen molar-refractivity contribution in [3.05, 3.63) is 53.6 Å². The van der Waals surface area contributed by atoms with Gasteiger partial charge >= 0.3 is 0 Å². The zero-order chi connectivity index (χ0) is 17.5. The monoisotopic (exact) mass is 327 g/mol. The van der Waals surface area contributed by atoms with Crippen LogP contribution in [0, 0.1) is 0 Å². The van der Waals surface area contributed by atoms with Gasteiger partial charge in [0.2, 0.25) is 5.91 Å². The van der Waals surface area contributed by atoms with Gasteiger partial charge < -0.3 is 21.1 Å². The SMILES string of the molecule is CCc1ccc(NC(=O)c2ccccc2OC)cc1NC(=O)CN. The van der Waals surface area contributed by atoms with E-state index in [-0.39, 0.29) is 18.4 Å². The van der Waals surface area contributed by atoms with Gasteiger partial charge in [-0.25, -0.2) is 0 Å². The van der Waals surface area contributed by atoms with Gasteiger partial charge in [-0.2, -0.15) is 0 Å². The van der Waals surface area contributed by atoms with Gasteiger partial charge in [-0.1, -0.05) is 25.1 Å². The summed E-state index contributed by atoms with van der Waals surface area (Å²) in [5.74, 6) is -0.0671. The molecule has 6 nitrogen and oxygen atoms in total. The third kappa shape index (κ3) is 4.11. The molecule has 126 valence electrons. The summed E-state index contributed by atoms with van der Waals surface area (Å²) in [5.41, 5.74) is 7.97. The van der Waals surface area contributed by atoms with Gasteiger partial charge in [0.15, 0.2) is 0 Å². The molecule has 0 unspecified atom stereocenters. The summed E-state index contributed by atoms with van der Waals surface area (Å²) in [7, 11) is 1.52. The predicted molar refractivity (Wildman–Crippen MR) is 94.5 cm³/mol. The maximum absolute atomic E-state index is 12.4. The van der Waals surface area contributed by atoms with Crippen molar-refractivity contribution in [2.24, 2.45) is 5.73 Å². The van der Waals surface area contributed by atoms with E-state index in [0.717, 1.165) is 12.0 Å². The molecule has 24 heavy (non-hydrogen) atoms. The van der Waals surface area contributed by atoms with E-state index in [1.807, 2.05) is 13.0 Å². The molecule has 6 heteroatoms. The van der Waals surface area contributed by atoms with Crippen LogP contribution in [0.4, 0.5) is 11.4 Å². The van der Waals surface area contributed by atoms with Crippen molar-refractivity contribution in [3.8, 4) is 5.75 Å². The Labute approximate surface area is 141 Å². The Morgan fingerprint density at radius 1 is 1.12 bits per heavy atom. The van der Waals surface area contributed by atoms with Gasteiger partial charge in [0.05, 0.1) is 19.2 Å². The number of hydrogen-bond acceptors (Lipinski definition) is 4. The Morgan fingerprint density at radius 3 is 2.54 bits per heavy atom. The smallest absolute Gasteiger partial charge is 0.259 e. The van der Waals surface area contributed by atoms with Gasteiger partial charge in [0, 0.05) is 11.4 Å². The third-order valence-electron chi connectivity index (χ3n) is 3.56. The molecule has 0 aromatic heterocycles. The topological polar surface area (TPSA) is 93.5 Å². The van der Waals surface area contributed by atoms with Gasteiger partial charge in [0.25, 0.3) is 5.91 Å². The molecule has 4 N–H and O–H groups in total. The molecule has 0 bridgehead atoms. The largest absolute Gasteiger partial charge is 0.496 e. The van der Waals surface area contributed by atoms with Crippen molar-refractivity contribution < 1.29 is 14.3 Å². The second-order valence-corrected chi connectivity index (χ2v) is 5.13. The fourth-order valence-corrected chi connectivity index (χ4v) is 2.31. The molecule has 2 aromatic carbocycles. The molecule has 0 radical (unpaired) electrons. The number of ether oxygens (including phenoxy) is 1. The number of nitrogens with two attached hydrogens (primary N) is 1. The first-order valence-corrected chi connectivity index (χ1v) is 7.66. The van der Waals surface area contributed by atoms with Gasteiger partial charge in [-0.3, -0.25) is 9.59 Å². The molecule has 0 fully saturated rings. The quantitative estimate of drug-likeness (QED) is 0.759. The van der Waals surface area contributed by atoms with Crippen molar-refractivity contribution in [2.45, 2.75) is 13.3 Å². The molecule has 0 atom stereocenters. The summed E-state index contributed by atoms with van der Waals surface area (Å²) < 4.78 is 5.20. The Kier molecular flexibility index (Phi) is 5.92. The molecule has 0 aliphatic heterocycles. The number of carbonyl (C=O) groups excluding carboxylic acids is 2. The normalized spacial score (nSPS) is 10.1. The summed E-state index contributed by atoms with van der Waals surface area (Å²) in [6, 6.07) is 12.4. The number of para-hydroxylation sites is 1. The maximum Gasteiger partial charge on any atom is 0.259 e. The van der Waals surface area contributed by atoms with Crippen molar-refractivity contribution in [1.82, 2.24) is 0 Å². The first kappa shape index (κ1) is 17.5. The number of aryl methyl sites for hydroxylation is 1. The highest BCUT2D eigenvalue weighted by Gasteiger charge is 2.13. The Hall–Kier alpha value is -2.86. The van der Waals surface area contributed by atoms with Crippen LogP contribution in [0.1, 0.15) is 22.8 Å². The van der Waals surface area contributed by atoms with Crippen LogP contribution in [-0.4, -0.2) is 25.5 Å². The van der Waals surface area contributed by atoms with Crippen molar-refractivity contribution in [2.75, 3.05) is 24.3 Å². The minimum absolute atomic E-state index is 0.0963. The van der Waals surface area contributed by atoms with E-state index in [9.17, 15) is 9.59 Å². The number of rotatable bonds is 6. The molecule has 0 heterocycles. The molecule has 0 saturated heterocycles. The molecule has 2 aromatic rings. The average molecular weight is 327 g/mol. The number of anilines is 2. The molecule has 2 amide bonds. The van der Waals surface area contributed by atoms with Crippen LogP contribution >= 0.6 is 0 Å². The lowest BCUT2D eigenvalue weighted by atomic mass is 10.1. The molecule has 0 aliphatic rings. The van der Waals surface area contributed by atoms with Crippen LogP contribution in [-0.2, 0) is 11.2 Å². The zero-order valence-electron chi connectivity index (χ0n) is 13.8. The number of nitrogens with one attached hydrogen (secondary N) is 2. The molecule has 0 spiro atoms. The second kappa shape index (κ2) is 8.12. The van der Waals surface area contributed by atoms with E-state index in [2.05, 4.69) is 10.6 Å². The summed E-state index contributed by atoms with van der Waals surface area (Å²) in [5, 5.41) is 5.56. The number of carbonyl (C=O) groups is 2. The zero-order valence-corrected chi connectivity index (χ0v) is 13.8. The van der Waals surface area contributed by atoms with Gasteiger partial charge in [-0.15, -0.1) is 0 Å². The third-order valence-corrected chi connectivity index (χ3v) is 3.56. The Balaban J connectivity index is 2.24. The summed E-state index contributed by atoms with van der Waals surface area (Å²) in [4.78, 5) is 24.0. The average Bonchev–Trinajstić information content (AvgIpc) is 2.61. The summed E-state index contributed by atoms with van der Waals surface area (Å²) >= 11 is 0. The molecule has 0 aliphatic carbocycles. The van der Waals surface area contributed by atoms with E-state index in [4.69, 9.17) is 10.5 Å². The van der Waals surface area contributed by atoms with Crippen molar-refractivity contribution >= 4 is 23.2 Å². The van der Waals surface area contributed by atoms with E-state index < -0.39 is 0 Å². The molecular formula is C18H21N3O3. The first-order chi connectivity index (χ1) is 11.6. The van der Waals surface area contributed by atoms with Crippen LogP contribution < -0.4 is 21.1 Å². The Bertz CT molecular complexity index is 744. The van der Waals surface area contributed by atoms with E-state index in [0.29, 0.717) is 22.7 Å². The standard InChI is InChI=1S/C18H21N3O3/c1-3-12-8-9-13(10-15(12)21-17(22)11-19)20-18(23)14-6-4-5-7-16(14)24-2/h4-10H,3,11,19H2,1-2H3,(H,20,23)(H,21,22). The van der Waals surface area contributed by atoms with Crippen LogP contribution in [0.5, 0.6) is 5.75 Å². The number of amides is 2. The van der Waals surface area contributed by atoms with Crippen LogP contribution in [0.3, 0.4) is 0 Å². The van der Waals surface area contributed by atoms with E-state index in [1.165, 1.54) is 7.11 Å². The van der Waals surface area contributed by atoms with Gasteiger partial charge in [0.1, 0.15) is 5.75 Å². The molecule has 0 saturated carbocycles.